The maximum absolute atomic E-state index is 5.59. The zero-order valence-corrected chi connectivity index (χ0v) is 7.09. The SMILES string of the molecule is CSc1nc(N)c2n[nH]nc2n1. The molecule has 0 bridgehead atoms. The van der Waals surface area contributed by atoms with Crippen molar-refractivity contribution in [2.24, 2.45) is 0 Å². The maximum Gasteiger partial charge on any atom is 0.207 e. The average Bonchev–Trinajstić information content (AvgIpc) is 2.52. The van der Waals surface area contributed by atoms with E-state index in [1.807, 2.05) is 6.26 Å². The number of nitrogens with two attached hydrogens (primary N) is 1. The molecule has 0 aromatic carbocycles. The molecule has 0 fully saturated rings. The summed E-state index contributed by atoms with van der Waals surface area (Å²) >= 11 is 1.42. The molecule has 3 N–H and O–H groups in total. The number of thioether (sulfide) groups is 1. The van der Waals surface area contributed by atoms with Crippen LogP contribution in [0.5, 0.6) is 0 Å². The van der Waals surface area contributed by atoms with Crippen molar-refractivity contribution < 1.29 is 0 Å². The van der Waals surface area contributed by atoms with Gasteiger partial charge in [0.25, 0.3) is 0 Å². The van der Waals surface area contributed by atoms with Crippen molar-refractivity contribution in [2.75, 3.05) is 12.0 Å². The molecule has 2 rings (SSSR count). The Bertz CT molecular complexity index is 409. The first-order valence-electron chi connectivity index (χ1n) is 3.19. The molecule has 2 heterocycles. The lowest BCUT2D eigenvalue weighted by Crippen LogP contribution is -1.95. The molecule has 2 aromatic rings. The number of nitrogens with one attached hydrogen (secondary N) is 1. The minimum absolute atomic E-state index is 0.359. The number of nitrogens with zero attached hydrogens (tertiary/aromatic N) is 4. The van der Waals surface area contributed by atoms with Crippen LogP contribution in [0, 0.1) is 0 Å². The fourth-order valence-corrected chi connectivity index (χ4v) is 1.21. The summed E-state index contributed by atoms with van der Waals surface area (Å²) in [5, 5.41) is 10.6. The standard InChI is InChI=1S/C5H6N6S/c1-12-5-7-3(6)2-4(8-5)10-11-9-2/h1H3,(H3,6,7,8,9,10,11). The zero-order chi connectivity index (χ0) is 8.55. The number of anilines is 1. The highest BCUT2D eigenvalue weighted by Crippen LogP contribution is 2.16. The number of hydrogen-bond acceptors (Lipinski definition) is 6. The summed E-state index contributed by atoms with van der Waals surface area (Å²) in [5.74, 6) is 0.359. The topological polar surface area (TPSA) is 93.4 Å². The second-order valence-corrected chi connectivity index (χ2v) is 2.86. The molecule has 12 heavy (non-hydrogen) atoms. The second kappa shape index (κ2) is 2.59. The Kier molecular flexibility index (Phi) is 1.58. The van der Waals surface area contributed by atoms with Gasteiger partial charge in [-0.1, -0.05) is 11.8 Å². The van der Waals surface area contributed by atoms with Gasteiger partial charge < -0.3 is 5.73 Å². The lowest BCUT2D eigenvalue weighted by atomic mass is 10.5. The Morgan fingerprint density at radius 1 is 1.33 bits per heavy atom. The molecule has 7 heteroatoms. The highest BCUT2D eigenvalue weighted by Gasteiger charge is 2.06. The molecule has 0 aliphatic carbocycles. The Hall–Kier alpha value is -1.37. The molecule has 0 unspecified atom stereocenters. The Balaban J connectivity index is 2.75. The minimum atomic E-state index is 0.359. The highest BCUT2D eigenvalue weighted by molar-refractivity contribution is 7.98. The molecule has 0 saturated heterocycles. The van der Waals surface area contributed by atoms with E-state index in [1.165, 1.54) is 11.8 Å². The van der Waals surface area contributed by atoms with E-state index in [-0.39, 0.29) is 0 Å². The smallest absolute Gasteiger partial charge is 0.207 e. The van der Waals surface area contributed by atoms with Gasteiger partial charge in [0.1, 0.15) is 0 Å². The molecule has 2 aromatic heterocycles. The number of aromatic amines is 1. The summed E-state index contributed by atoms with van der Waals surface area (Å²) in [7, 11) is 0. The van der Waals surface area contributed by atoms with E-state index in [4.69, 9.17) is 5.73 Å². The van der Waals surface area contributed by atoms with Gasteiger partial charge in [0.15, 0.2) is 16.5 Å². The fraction of sp³-hybridized carbons (Fsp3) is 0.200. The quantitative estimate of drug-likeness (QED) is 0.478. The average molecular weight is 182 g/mol. The molecule has 0 amide bonds. The van der Waals surface area contributed by atoms with Gasteiger partial charge in [0, 0.05) is 0 Å². The van der Waals surface area contributed by atoms with Crippen LogP contribution in [0.15, 0.2) is 5.16 Å². The van der Waals surface area contributed by atoms with Crippen LogP contribution in [0.2, 0.25) is 0 Å². The van der Waals surface area contributed by atoms with Crippen molar-refractivity contribution in [2.45, 2.75) is 5.16 Å². The Morgan fingerprint density at radius 3 is 2.92 bits per heavy atom. The number of hydrogen-bond donors (Lipinski definition) is 2. The molecule has 0 spiro atoms. The third-order valence-electron chi connectivity index (χ3n) is 1.37. The molecule has 0 saturated carbocycles. The van der Waals surface area contributed by atoms with Gasteiger partial charge in [-0.25, -0.2) is 4.98 Å². The van der Waals surface area contributed by atoms with Crippen molar-refractivity contribution >= 4 is 28.7 Å². The molecular weight excluding hydrogens is 176 g/mol. The van der Waals surface area contributed by atoms with Crippen LogP contribution in [0.1, 0.15) is 0 Å². The monoisotopic (exact) mass is 182 g/mol. The van der Waals surface area contributed by atoms with Crippen LogP contribution in [-0.2, 0) is 0 Å². The van der Waals surface area contributed by atoms with E-state index in [1.54, 1.807) is 0 Å². The van der Waals surface area contributed by atoms with E-state index in [0.717, 1.165) is 0 Å². The van der Waals surface area contributed by atoms with Crippen molar-refractivity contribution in [1.29, 1.82) is 0 Å². The van der Waals surface area contributed by atoms with E-state index in [9.17, 15) is 0 Å². The summed E-state index contributed by atoms with van der Waals surface area (Å²) in [5.41, 5.74) is 6.62. The number of nitrogen functional groups attached to an aromatic ring is 1. The Morgan fingerprint density at radius 2 is 2.17 bits per heavy atom. The van der Waals surface area contributed by atoms with E-state index < -0.39 is 0 Å². The van der Waals surface area contributed by atoms with Crippen molar-refractivity contribution in [3.05, 3.63) is 0 Å². The molecule has 0 atom stereocenters. The summed E-state index contributed by atoms with van der Waals surface area (Å²) in [6, 6.07) is 0. The highest BCUT2D eigenvalue weighted by atomic mass is 32.2. The summed E-state index contributed by atoms with van der Waals surface area (Å²) in [4.78, 5) is 8.08. The minimum Gasteiger partial charge on any atom is -0.382 e. The van der Waals surface area contributed by atoms with Gasteiger partial charge in [-0.2, -0.15) is 15.3 Å². The predicted octanol–water partition coefficient (Wildman–Crippen LogP) is 0.0520. The molecule has 0 aliphatic rings. The molecule has 6 nitrogen and oxygen atoms in total. The van der Waals surface area contributed by atoms with Crippen LogP contribution in [0.4, 0.5) is 5.82 Å². The predicted molar refractivity (Wildman–Crippen MR) is 45.7 cm³/mol. The summed E-state index contributed by atoms with van der Waals surface area (Å²) in [6.45, 7) is 0. The lowest BCUT2D eigenvalue weighted by Gasteiger charge is -1.95. The number of rotatable bonds is 1. The van der Waals surface area contributed by atoms with Gasteiger partial charge in [-0.3, -0.25) is 0 Å². The fourth-order valence-electron chi connectivity index (χ4n) is 0.838. The number of H-pyrrole nitrogens is 1. The van der Waals surface area contributed by atoms with Crippen LogP contribution in [-0.4, -0.2) is 31.6 Å². The third kappa shape index (κ3) is 0.981. The first-order chi connectivity index (χ1) is 5.81. The Labute approximate surface area is 72.0 Å². The lowest BCUT2D eigenvalue weighted by molar-refractivity contribution is 0.947. The zero-order valence-electron chi connectivity index (χ0n) is 6.27. The molecule has 0 radical (unpaired) electrons. The van der Waals surface area contributed by atoms with Crippen LogP contribution >= 0.6 is 11.8 Å². The first kappa shape index (κ1) is 7.29. The first-order valence-corrected chi connectivity index (χ1v) is 4.41. The van der Waals surface area contributed by atoms with Gasteiger partial charge in [-0.15, -0.1) is 5.10 Å². The van der Waals surface area contributed by atoms with E-state index >= 15 is 0 Å². The van der Waals surface area contributed by atoms with Crippen LogP contribution < -0.4 is 5.73 Å². The molecular formula is C5H6N6S. The van der Waals surface area contributed by atoms with Crippen LogP contribution in [0.3, 0.4) is 0 Å². The van der Waals surface area contributed by atoms with Gasteiger partial charge in [0.2, 0.25) is 5.65 Å². The summed E-state index contributed by atoms with van der Waals surface area (Å²) in [6.07, 6.45) is 1.88. The maximum atomic E-state index is 5.59. The van der Waals surface area contributed by atoms with E-state index in [0.29, 0.717) is 22.1 Å². The van der Waals surface area contributed by atoms with Crippen LogP contribution in [0.25, 0.3) is 11.2 Å². The van der Waals surface area contributed by atoms with E-state index in [2.05, 4.69) is 25.4 Å². The number of fused-ring (bicyclic) bond motifs is 1. The molecule has 62 valence electrons. The second-order valence-electron chi connectivity index (χ2n) is 2.09. The number of aromatic nitrogens is 5. The largest absolute Gasteiger partial charge is 0.382 e. The van der Waals surface area contributed by atoms with Crippen molar-refractivity contribution in [3.8, 4) is 0 Å². The van der Waals surface area contributed by atoms with Gasteiger partial charge in [0.05, 0.1) is 0 Å². The van der Waals surface area contributed by atoms with Gasteiger partial charge in [-0.05, 0) is 6.26 Å². The van der Waals surface area contributed by atoms with Gasteiger partial charge >= 0.3 is 0 Å². The summed E-state index contributed by atoms with van der Waals surface area (Å²) < 4.78 is 0. The molecule has 0 aliphatic heterocycles. The van der Waals surface area contributed by atoms with Crippen molar-refractivity contribution in [1.82, 2.24) is 25.4 Å². The third-order valence-corrected chi connectivity index (χ3v) is 1.92. The van der Waals surface area contributed by atoms with Crippen molar-refractivity contribution in [3.63, 3.8) is 0 Å². The normalized spacial score (nSPS) is 10.8.